The molecule has 2 aromatic carbocycles. The number of thiophene rings is 1. The molecule has 1 aromatic heterocycles. The molecule has 30 heavy (non-hydrogen) atoms. The molecule has 156 valence electrons. The third kappa shape index (κ3) is 5.70. The van der Waals surface area contributed by atoms with Crippen molar-refractivity contribution in [2.24, 2.45) is 0 Å². The molecule has 6 heteroatoms. The van der Waals surface area contributed by atoms with Crippen LogP contribution in [0.2, 0.25) is 0 Å². The van der Waals surface area contributed by atoms with Crippen molar-refractivity contribution in [3.63, 3.8) is 0 Å². The number of anilines is 1. The van der Waals surface area contributed by atoms with Crippen LogP contribution < -0.4 is 5.32 Å². The Morgan fingerprint density at radius 3 is 2.43 bits per heavy atom. The molecule has 0 fully saturated rings. The average Bonchev–Trinajstić information content (AvgIpc) is 3.09. The molecule has 1 N–H and O–H groups in total. The molecule has 5 nitrogen and oxygen atoms in total. The zero-order valence-electron chi connectivity index (χ0n) is 17.5. The van der Waals surface area contributed by atoms with Crippen LogP contribution in [0, 0.1) is 6.92 Å². The fourth-order valence-corrected chi connectivity index (χ4v) is 3.81. The molecule has 1 amide bonds. The molecule has 0 radical (unpaired) electrons. The van der Waals surface area contributed by atoms with Gasteiger partial charge in [0.25, 0.3) is 0 Å². The van der Waals surface area contributed by atoms with Gasteiger partial charge in [-0.25, -0.2) is 9.59 Å². The van der Waals surface area contributed by atoms with Crippen LogP contribution in [-0.2, 0) is 16.1 Å². The van der Waals surface area contributed by atoms with Crippen molar-refractivity contribution in [2.75, 3.05) is 5.32 Å². The highest BCUT2D eigenvalue weighted by Gasteiger charge is 2.25. The lowest BCUT2D eigenvalue weighted by atomic mass is 10.0. The zero-order chi connectivity index (χ0) is 21.7. The lowest BCUT2D eigenvalue weighted by molar-refractivity contribution is 0.0475. The van der Waals surface area contributed by atoms with Crippen LogP contribution in [0.3, 0.4) is 0 Å². The molecule has 0 aliphatic rings. The summed E-state index contributed by atoms with van der Waals surface area (Å²) < 4.78 is 10.9. The molecule has 3 rings (SSSR count). The number of ether oxygens (including phenoxy) is 2. The van der Waals surface area contributed by atoms with Gasteiger partial charge < -0.3 is 9.47 Å². The van der Waals surface area contributed by atoms with Gasteiger partial charge in [0.1, 0.15) is 22.8 Å². The van der Waals surface area contributed by atoms with Gasteiger partial charge in [-0.2, -0.15) is 0 Å². The highest BCUT2D eigenvalue weighted by atomic mass is 32.1. The van der Waals surface area contributed by atoms with Crippen molar-refractivity contribution in [1.29, 1.82) is 0 Å². The summed E-state index contributed by atoms with van der Waals surface area (Å²) in [7, 11) is 0. The summed E-state index contributed by atoms with van der Waals surface area (Å²) >= 11 is 1.27. The van der Waals surface area contributed by atoms with Crippen LogP contribution in [0.1, 0.15) is 42.3 Å². The number of esters is 1. The molecule has 0 saturated heterocycles. The first-order valence-electron chi connectivity index (χ1n) is 9.62. The van der Waals surface area contributed by atoms with Gasteiger partial charge in [0.05, 0.1) is 0 Å². The second kappa shape index (κ2) is 9.13. The van der Waals surface area contributed by atoms with Crippen LogP contribution in [0.4, 0.5) is 9.80 Å². The van der Waals surface area contributed by atoms with Gasteiger partial charge in [0.15, 0.2) is 0 Å². The van der Waals surface area contributed by atoms with E-state index in [4.69, 9.17) is 9.47 Å². The van der Waals surface area contributed by atoms with Crippen molar-refractivity contribution in [3.8, 4) is 11.1 Å². The molecule has 0 aliphatic heterocycles. The average molecular weight is 424 g/mol. The second-order valence-electron chi connectivity index (χ2n) is 7.91. The minimum Gasteiger partial charge on any atom is -0.457 e. The Hall–Kier alpha value is -3.12. The third-order valence-electron chi connectivity index (χ3n) is 4.15. The smallest absolute Gasteiger partial charge is 0.412 e. The Kier molecular flexibility index (Phi) is 6.57. The number of benzene rings is 2. The van der Waals surface area contributed by atoms with Crippen molar-refractivity contribution in [1.82, 2.24) is 0 Å². The first-order chi connectivity index (χ1) is 14.2. The first kappa shape index (κ1) is 21.6. The van der Waals surface area contributed by atoms with Crippen LogP contribution in [-0.4, -0.2) is 17.7 Å². The van der Waals surface area contributed by atoms with Crippen LogP contribution in [0.25, 0.3) is 11.1 Å². The summed E-state index contributed by atoms with van der Waals surface area (Å²) in [6.45, 7) is 7.49. The maximum Gasteiger partial charge on any atom is 0.412 e. The molecule has 0 aliphatic carbocycles. The van der Waals surface area contributed by atoms with E-state index in [-0.39, 0.29) is 6.61 Å². The topological polar surface area (TPSA) is 64.6 Å². The molecule has 0 saturated carbocycles. The maximum atomic E-state index is 13.0. The van der Waals surface area contributed by atoms with E-state index in [0.717, 1.165) is 16.7 Å². The van der Waals surface area contributed by atoms with Crippen molar-refractivity contribution in [3.05, 3.63) is 76.7 Å². The fourth-order valence-electron chi connectivity index (χ4n) is 2.87. The van der Waals surface area contributed by atoms with Crippen molar-refractivity contribution < 1.29 is 19.1 Å². The normalized spacial score (nSPS) is 11.1. The first-order valence-corrected chi connectivity index (χ1v) is 10.5. The van der Waals surface area contributed by atoms with Gasteiger partial charge in [-0.15, -0.1) is 11.3 Å². The Morgan fingerprint density at radius 2 is 1.77 bits per heavy atom. The predicted octanol–water partition coefficient (Wildman–Crippen LogP) is 6.43. The molecule has 0 unspecified atom stereocenters. The molecule has 1 heterocycles. The highest BCUT2D eigenvalue weighted by molar-refractivity contribution is 7.15. The van der Waals surface area contributed by atoms with E-state index in [1.165, 1.54) is 11.3 Å². The summed E-state index contributed by atoms with van der Waals surface area (Å²) in [6.07, 6.45) is -0.614. The van der Waals surface area contributed by atoms with Crippen LogP contribution in [0.15, 0.2) is 60.0 Å². The number of nitrogens with one attached hydrogen (secondary N) is 1. The highest BCUT2D eigenvalue weighted by Crippen LogP contribution is 2.37. The van der Waals surface area contributed by atoms with Gasteiger partial charge in [0, 0.05) is 10.9 Å². The summed E-state index contributed by atoms with van der Waals surface area (Å²) in [6, 6.07) is 17.3. The van der Waals surface area contributed by atoms with Crippen LogP contribution >= 0.6 is 11.3 Å². The maximum absolute atomic E-state index is 13.0. The number of amides is 1. The number of rotatable bonds is 5. The Morgan fingerprint density at radius 1 is 1.03 bits per heavy atom. The minimum atomic E-state index is -0.644. The molecule has 0 atom stereocenters. The monoisotopic (exact) mass is 423 g/mol. The lowest BCUT2D eigenvalue weighted by Gasteiger charge is -2.19. The van der Waals surface area contributed by atoms with E-state index in [9.17, 15) is 9.59 Å². The van der Waals surface area contributed by atoms with Crippen LogP contribution in [0.5, 0.6) is 0 Å². The van der Waals surface area contributed by atoms with E-state index in [1.54, 1.807) is 20.8 Å². The number of hydrogen-bond acceptors (Lipinski definition) is 5. The number of carbonyl (C=O) groups is 2. The molecular weight excluding hydrogens is 398 g/mol. The number of hydrogen-bond donors (Lipinski definition) is 1. The zero-order valence-corrected chi connectivity index (χ0v) is 18.3. The van der Waals surface area contributed by atoms with Gasteiger partial charge in [-0.1, -0.05) is 60.2 Å². The Balaban J connectivity index is 1.91. The summed E-state index contributed by atoms with van der Waals surface area (Å²) in [5.41, 5.74) is 3.24. The molecule has 0 spiro atoms. The number of carbonyl (C=O) groups excluding carboxylic acids is 2. The Bertz CT molecular complexity index is 1030. The van der Waals surface area contributed by atoms with Gasteiger partial charge in [0.2, 0.25) is 0 Å². The van der Waals surface area contributed by atoms with E-state index in [0.29, 0.717) is 16.1 Å². The second-order valence-corrected chi connectivity index (χ2v) is 8.79. The largest absolute Gasteiger partial charge is 0.457 e. The van der Waals surface area contributed by atoms with E-state index in [2.05, 4.69) is 5.32 Å². The van der Waals surface area contributed by atoms with Gasteiger partial charge >= 0.3 is 12.1 Å². The molecular formula is C24H25NO4S. The van der Waals surface area contributed by atoms with E-state index >= 15 is 0 Å². The Labute approximate surface area is 180 Å². The van der Waals surface area contributed by atoms with Gasteiger partial charge in [-0.3, -0.25) is 5.32 Å². The summed E-state index contributed by atoms with van der Waals surface area (Å²) in [5.74, 6) is -0.498. The minimum absolute atomic E-state index is 0.147. The summed E-state index contributed by atoms with van der Waals surface area (Å²) in [5, 5.41) is 4.96. The molecule has 0 bridgehead atoms. The van der Waals surface area contributed by atoms with Gasteiger partial charge in [-0.05, 0) is 38.8 Å². The standard InChI is InChI=1S/C24H25NO4S/c1-16-9-8-12-18(13-16)19-15-30-21(25-23(27)29-24(2,3)4)20(19)22(26)28-14-17-10-6-5-7-11-17/h5-13,15H,14H2,1-4H3,(H,25,27). The van der Waals surface area contributed by atoms with E-state index < -0.39 is 17.7 Å². The quantitative estimate of drug-likeness (QED) is 0.480. The lowest BCUT2D eigenvalue weighted by Crippen LogP contribution is -2.27. The SMILES string of the molecule is Cc1cccc(-c2csc(NC(=O)OC(C)(C)C)c2C(=O)OCc2ccccc2)c1. The third-order valence-corrected chi connectivity index (χ3v) is 5.05. The fraction of sp³-hybridized carbons (Fsp3) is 0.250. The number of aryl methyl sites for hydroxylation is 1. The summed E-state index contributed by atoms with van der Waals surface area (Å²) in [4.78, 5) is 25.3. The van der Waals surface area contributed by atoms with E-state index in [1.807, 2.05) is 66.9 Å². The van der Waals surface area contributed by atoms with Crippen molar-refractivity contribution in [2.45, 2.75) is 39.9 Å². The molecule has 3 aromatic rings. The predicted molar refractivity (Wildman–Crippen MR) is 120 cm³/mol. The van der Waals surface area contributed by atoms with Crippen molar-refractivity contribution >= 4 is 28.4 Å².